The van der Waals surface area contributed by atoms with Gasteiger partial charge in [0.2, 0.25) is 5.91 Å². The number of rotatable bonds is 5. The first-order chi connectivity index (χ1) is 14.8. The Morgan fingerprint density at radius 2 is 1.84 bits per heavy atom. The minimum absolute atomic E-state index is 0.00787. The number of fused-ring (bicyclic) bond motifs is 1. The van der Waals surface area contributed by atoms with Crippen molar-refractivity contribution in [1.82, 2.24) is 14.7 Å². The van der Waals surface area contributed by atoms with Crippen molar-refractivity contribution in [3.8, 4) is 0 Å². The standard InChI is InChI=1S/C24H29N3O4/c1-14-3-4-20-26-19(8-21(28)27(20)12-14)13-31-22(29)15(2)25-23(30)24-9-16-5-17(10-24)7-18(6-16)11-24/h3-4,8,12,15-18H,5-7,9-11,13H2,1-2H3,(H,25,30)/t15-,16?,17?,18?,24?/m0/s1. The van der Waals surface area contributed by atoms with Crippen molar-refractivity contribution in [3.63, 3.8) is 0 Å². The van der Waals surface area contributed by atoms with E-state index in [0.29, 0.717) is 29.1 Å². The summed E-state index contributed by atoms with van der Waals surface area (Å²) in [5, 5.41) is 2.92. The molecule has 0 saturated heterocycles. The molecule has 4 fully saturated rings. The maximum atomic E-state index is 13.1. The number of esters is 1. The monoisotopic (exact) mass is 423 g/mol. The van der Waals surface area contributed by atoms with E-state index in [-0.39, 0.29) is 23.5 Å². The molecule has 7 nitrogen and oxygen atoms in total. The van der Waals surface area contributed by atoms with Crippen molar-refractivity contribution in [2.75, 3.05) is 0 Å². The van der Waals surface area contributed by atoms with Crippen LogP contribution in [0.3, 0.4) is 0 Å². The second-order valence-electron chi connectivity index (χ2n) is 10.0. The molecule has 0 spiro atoms. The molecule has 0 aliphatic heterocycles. The Morgan fingerprint density at radius 1 is 1.19 bits per heavy atom. The van der Waals surface area contributed by atoms with Crippen LogP contribution in [0.15, 0.2) is 29.2 Å². The number of hydrogen-bond donors (Lipinski definition) is 1. The van der Waals surface area contributed by atoms with Crippen LogP contribution < -0.4 is 10.9 Å². The normalized spacial score (nSPS) is 29.7. The fourth-order valence-electron chi connectivity index (χ4n) is 6.40. The molecule has 0 radical (unpaired) electrons. The van der Waals surface area contributed by atoms with E-state index < -0.39 is 12.0 Å². The quantitative estimate of drug-likeness (QED) is 0.747. The van der Waals surface area contributed by atoms with Crippen LogP contribution in [0.25, 0.3) is 5.65 Å². The highest BCUT2D eigenvalue weighted by Crippen LogP contribution is 2.60. The maximum absolute atomic E-state index is 13.1. The van der Waals surface area contributed by atoms with Gasteiger partial charge in [-0.15, -0.1) is 0 Å². The van der Waals surface area contributed by atoms with Crippen molar-refractivity contribution in [2.45, 2.75) is 65.0 Å². The van der Waals surface area contributed by atoms with E-state index in [1.54, 1.807) is 19.2 Å². The van der Waals surface area contributed by atoms with Gasteiger partial charge < -0.3 is 10.1 Å². The Morgan fingerprint density at radius 3 is 2.48 bits per heavy atom. The topological polar surface area (TPSA) is 89.8 Å². The van der Waals surface area contributed by atoms with Gasteiger partial charge in [0.05, 0.1) is 5.69 Å². The molecule has 1 atom stereocenters. The summed E-state index contributed by atoms with van der Waals surface area (Å²) >= 11 is 0. The summed E-state index contributed by atoms with van der Waals surface area (Å²) in [4.78, 5) is 42.4. The Hall–Kier alpha value is -2.70. The zero-order chi connectivity index (χ0) is 21.8. The van der Waals surface area contributed by atoms with Gasteiger partial charge in [0.25, 0.3) is 5.56 Å². The molecule has 4 aliphatic carbocycles. The summed E-state index contributed by atoms with van der Waals surface area (Å²) in [5.74, 6) is 1.50. The summed E-state index contributed by atoms with van der Waals surface area (Å²) in [7, 11) is 0. The van der Waals surface area contributed by atoms with Gasteiger partial charge in [-0.2, -0.15) is 0 Å². The highest BCUT2D eigenvalue weighted by atomic mass is 16.5. The highest BCUT2D eigenvalue weighted by Gasteiger charge is 2.54. The highest BCUT2D eigenvalue weighted by molar-refractivity contribution is 5.88. The first kappa shape index (κ1) is 20.2. The smallest absolute Gasteiger partial charge is 0.328 e. The molecule has 1 N–H and O–H groups in total. The fraction of sp³-hybridized carbons (Fsp3) is 0.583. The first-order valence-electron chi connectivity index (χ1n) is 11.3. The van der Waals surface area contributed by atoms with Crippen LogP contribution in [0.5, 0.6) is 0 Å². The molecular weight excluding hydrogens is 394 g/mol. The Balaban J connectivity index is 1.21. The maximum Gasteiger partial charge on any atom is 0.328 e. The third-order valence-corrected chi connectivity index (χ3v) is 7.44. The molecule has 2 aromatic heterocycles. The minimum atomic E-state index is -0.732. The number of pyridine rings is 1. The van der Waals surface area contributed by atoms with Gasteiger partial charge in [0.15, 0.2) is 0 Å². The van der Waals surface area contributed by atoms with Crippen molar-refractivity contribution in [1.29, 1.82) is 0 Å². The molecule has 2 heterocycles. The first-order valence-corrected chi connectivity index (χ1v) is 11.3. The van der Waals surface area contributed by atoms with Gasteiger partial charge in [-0.05, 0) is 81.8 Å². The molecule has 4 aliphatic rings. The summed E-state index contributed by atoms with van der Waals surface area (Å²) in [6.07, 6.45) is 8.39. The lowest BCUT2D eigenvalue weighted by atomic mass is 9.49. The molecule has 6 rings (SSSR count). The molecule has 1 amide bonds. The van der Waals surface area contributed by atoms with E-state index >= 15 is 0 Å². The minimum Gasteiger partial charge on any atom is -0.458 e. The summed E-state index contributed by atoms with van der Waals surface area (Å²) in [6, 6.07) is 4.28. The average molecular weight is 424 g/mol. The number of hydrogen-bond acceptors (Lipinski definition) is 5. The van der Waals surface area contributed by atoms with Gasteiger partial charge >= 0.3 is 5.97 Å². The third kappa shape index (κ3) is 3.75. The lowest BCUT2D eigenvalue weighted by molar-refractivity contribution is -0.154. The Kier molecular flexibility index (Phi) is 4.87. The van der Waals surface area contributed by atoms with Crippen LogP contribution in [0.4, 0.5) is 0 Å². The SMILES string of the molecule is Cc1ccc2nc(COC(=O)[C@H](C)NC(=O)C34CC5CC(CC(C5)C3)C4)cc(=O)n2c1. The number of amides is 1. The molecule has 2 aromatic rings. The van der Waals surface area contributed by atoms with Gasteiger partial charge in [-0.1, -0.05) is 6.07 Å². The van der Waals surface area contributed by atoms with Crippen LogP contribution in [-0.4, -0.2) is 27.3 Å². The number of carbonyl (C=O) groups excluding carboxylic acids is 2. The number of nitrogens with zero attached hydrogens (tertiary/aromatic N) is 2. The molecule has 0 unspecified atom stereocenters. The Bertz CT molecular complexity index is 1070. The van der Waals surface area contributed by atoms with Crippen LogP contribution in [0, 0.1) is 30.1 Å². The van der Waals surface area contributed by atoms with Crippen LogP contribution in [0.1, 0.15) is 56.7 Å². The molecule has 31 heavy (non-hydrogen) atoms. The van der Waals surface area contributed by atoms with Crippen molar-refractivity contribution >= 4 is 17.5 Å². The van der Waals surface area contributed by atoms with E-state index in [0.717, 1.165) is 24.8 Å². The molecule has 0 aromatic carbocycles. The van der Waals surface area contributed by atoms with Crippen LogP contribution >= 0.6 is 0 Å². The van der Waals surface area contributed by atoms with Crippen molar-refractivity contribution in [2.24, 2.45) is 23.2 Å². The van der Waals surface area contributed by atoms with Crippen LogP contribution in [0.2, 0.25) is 0 Å². The number of carbonyl (C=O) groups is 2. The van der Waals surface area contributed by atoms with E-state index in [4.69, 9.17) is 4.74 Å². The van der Waals surface area contributed by atoms with Crippen LogP contribution in [-0.2, 0) is 20.9 Å². The second-order valence-corrected chi connectivity index (χ2v) is 10.0. The number of aryl methyl sites for hydroxylation is 1. The number of nitrogens with one attached hydrogen (secondary N) is 1. The van der Waals surface area contributed by atoms with Crippen molar-refractivity contribution in [3.05, 3.63) is 46.0 Å². The van der Waals surface area contributed by atoms with E-state index in [1.165, 1.54) is 29.7 Å². The summed E-state index contributed by atoms with van der Waals surface area (Å²) < 4.78 is 6.84. The van der Waals surface area contributed by atoms with E-state index in [2.05, 4.69) is 10.3 Å². The molecular formula is C24H29N3O4. The predicted molar refractivity (Wildman–Crippen MR) is 114 cm³/mol. The lowest BCUT2D eigenvalue weighted by Crippen LogP contribution is -2.55. The van der Waals surface area contributed by atoms with Gasteiger partial charge in [-0.3, -0.25) is 14.0 Å². The molecule has 164 valence electrons. The summed E-state index contributed by atoms with van der Waals surface area (Å²) in [6.45, 7) is 3.46. The third-order valence-electron chi connectivity index (χ3n) is 7.44. The van der Waals surface area contributed by atoms with E-state index in [1.807, 2.05) is 13.0 Å². The predicted octanol–water partition coefficient (Wildman–Crippen LogP) is 2.77. The fourth-order valence-corrected chi connectivity index (χ4v) is 6.40. The molecule has 4 saturated carbocycles. The second kappa shape index (κ2) is 7.46. The van der Waals surface area contributed by atoms with Gasteiger partial charge in [0, 0.05) is 17.7 Å². The zero-order valence-corrected chi connectivity index (χ0v) is 18.1. The van der Waals surface area contributed by atoms with Gasteiger partial charge in [-0.25, -0.2) is 9.78 Å². The van der Waals surface area contributed by atoms with Gasteiger partial charge in [0.1, 0.15) is 18.3 Å². The number of aromatic nitrogens is 2. The average Bonchev–Trinajstić information content (AvgIpc) is 2.71. The molecule has 4 bridgehead atoms. The zero-order valence-electron chi connectivity index (χ0n) is 18.1. The van der Waals surface area contributed by atoms with Crippen molar-refractivity contribution < 1.29 is 14.3 Å². The lowest BCUT2D eigenvalue weighted by Gasteiger charge is -2.55. The van der Waals surface area contributed by atoms with E-state index in [9.17, 15) is 14.4 Å². The molecule has 7 heteroatoms. The largest absolute Gasteiger partial charge is 0.458 e. The Labute approximate surface area is 181 Å². The summed E-state index contributed by atoms with van der Waals surface area (Å²) in [5.41, 5.74) is 1.34. The number of ether oxygens (including phenoxy) is 1.